The number of rotatable bonds is 5. The first-order chi connectivity index (χ1) is 13.1. The van der Waals surface area contributed by atoms with E-state index in [1.54, 1.807) is 22.8 Å². The quantitative estimate of drug-likeness (QED) is 0.677. The van der Waals surface area contributed by atoms with Crippen molar-refractivity contribution in [2.24, 2.45) is 0 Å². The summed E-state index contributed by atoms with van der Waals surface area (Å²) in [5.74, 6) is 0.624. The van der Waals surface area contributed by atoms with Gasteiger partial charge in [0.1, 0.15) is 11.5 Å². The van der Waals surface area contributed by atoms with Crippen molar-refractivity contribution in [1.82, 2.24) is 20.0 Å². The molecule has 3 heterocycles. The van der Waals surface area contributed by atoms with Gasteiger partial charge in [0.2, 0.25) is 5.91 Å². The molecule has 0 bridgehead atoms. The van der Waals surface area contributed by atoms with E-state index >= 15 is 0 Å². The molecular weight excluding hydrogens is 371 g/mol. The average molecular weight is 386 g/mol. The number of nitrogens with zero attached hydrogens (tertiary/aromatic N) is 3. The van der Waals surface area contributed by atoms with Gasteiger partial charge < -0.3 is 9.84 Å². The van der Waals surface area contributed by atoms with Crippen LogP contribution < -0.4 is 10.9 Å². The molecule has 1 N–H and O–H groups in total. The zero-order chi connectivity index (χ0) is 18.8. The lowest BCUT2D eigenvalue weighted by Gasteiger charge is -2.12. The second kappa shape index (κ2) is 7.36. The minimum atomic E-state index is -0.327. The Labute approximate surface area is 157 Å². The number of hydrogen-bond donors (Lipinski definition) is 1. The van der Waals surface area contributed by atoms with Crippen molar-refractivity contribution in [2.45, 2.75) is 24.2 Å². The van der Waals surface area contributed by atoms with Gasteiger partial charge >= 0.3 is 0 Å². The predicted molar refractivity (Wildman–Crippen MR) is 96.6 cm³/mol. The molecule has 4 rings (SSSR count). The van der Waals surface area contributed by atoms with Crippen molar-refractivity contribution in [2.75, 3.05) is 5.75 Å². The topological polar surface area (TPSA) is 90.0 Å². The number of thioether (sulfide) groups is 1. The van der Waals surface area contributed by atoms with Gasteiger partial charge in [-0.2, -0.15) is 0 Å². The molecule has 1 amide bonds. The molecule has 0 radical (unpaired) electrons. The first-order valence-corrected chi connectivity index (χ1v) is 9.27. The number of carbonyl (C=O) groups excluding carboxylic acids is 1. The molecule has 1 atom stereocenters. The molecule has 2 aromatic heterocycles. The van der Waals surface area contributed by atoms with E-state index in [-0.39, 0.29) is 36.3 Å². The highest BCUT2D eigenvalue weighted by molar-refractivity contribution is 7.99. The van der Waals surface area contributed by atoms with Gasteiger partial charge in [0.15, 0.2) is 10.9 Å². The fourth-order valence-electron chi connectivity index (χ4n) is 2.86. The lowest BCUT2D eigenvalue weighted by molar-refractivity contribution is -0.121. The van der Waals surface area contributed by atoms with Crippen LogP contribution in [0.1, 0.15) is 18.2 Å². The number of amides is 1. The van der Waals surface area contributed by atoms with E-state index < -0.39 is 0 Å². The molecule has 1 aromatic carbocycles. The third-order valence-electron chi connectivity index (χ3n) is 4.19. The van der Waals surface area contributed by atoms with Crippen LogP contribution in [0, 0.1) is 5.82 Å². The van der Waals surface area contributed by atoms with Crippen LogP contribution in [0.15, 0.2) is 57.1 Å². The van der Waals surface area contributed by atoms with Gasteiger partial charge in [-0.3, -0.25) is 14.2 Å². The number of carbonyl (C=O) groups is 1. The molecule has 0 spiro atoms. The van der Waals surface area contributed by atoms with Crippen molar-refractivity contribution in [3.8, 4) is 11.3 Å². The maximum atomic E-state index is 13.0. The number of nitrogens with one attached hydrogen (secondary N) is 1. The number of benzene rings is 1. The van der Waals surface area contributed by atoms with Gasteiger partial charge in [0, 0.05) is 36.1 Å². The van der Waals surface area contributed by atoms with E-state index in [1.807, 2.05) is 0 Å². The summed E-state index contributed by atoms with van der Waals surface area (Å²) >= 11 is 1.47. The van der Waals surface area contributed by atoms with E-state index in [2.05, 4.69) is 15.5 Å². The Morgan fingerprint density at radius 1 is 1.33 bits per heavy atom. The van der Waals surface area contributed by atoms with Crippen molar-refractivity contribution in [3.05, 3.63) is 64.5 Å². The van der Waals surface area contributed by atoms with E-state index in [0.29, 0.717) is 27.9 Å². The summed E-state index contributed by atoms with van der Waals surface area (Å²) in [6, 6.07) is 8.76. The number of hydrogen-bond acceptors (Lipinski definition) is 6. The first-order valence-electron chi connectivity index (χ1n) is 8.29. The highest BCUT2D eigenvalue weighted by Crippen LogP contribution is 2.31. The van der Waals surface area contributed by atoms with E-state index in [4.69, 9.17) is 4.52 Å². The summed E-state index contributed by atoms with van der Waals surface area (Å²) in [5, 5.41) is 7.34. The van der Waals surface area contributed by atoms with Crippen LogP contribution in [0.4, 0.5) is 4.39 Å². The molecule has 0 aliphatic carbocycles. The van der Waals surface area contributed by atoms with Crippen LogP contribution in [0.25, 0.3) is 11.3 Å². The molecule has 9 heteroatoms. The minimum absolute atomic E-state index is 0.150. The second-order valence-electron chi connectivity index (χ2n) is 6.07. The Hall–Kier alpha value is -2.94. The number of fused-ring (bicyclic) bond motifs is 1. The predicted octanol–water partition coefficient (Wildman–Crippen LogP) is 2.39. The van der Waals surface area contributed by atoms with Gasteiger partial charge in [-0.05, 0) is 24.3 Å². The van der Waals surface area contributed by atoms with Crippen LogP contribution in [0.3, 0.4) is 0 Å². The number of halogens is 1. The Bertz CT molecular complexity index is 1030. The zero-order valence-electron chi connectivity index (χ0n) is 14.1. The largest absolute Gasteiger partial charge is 0.356 e. The maximum Gasteiger partial charge on any atom is 0.254 e. The van der Waals surface area contributed by atoms with Crippen LogP contribution >= 0.6 is 11.8 Å². The molecule has 7 nitrogen and oxygen atoms in total. The second-order valence-corrected chi connectivity index (χ2v) is 7.06. The fourth-order valence-corrected chi connectivity index (χ4v) is 3.98. The van der Waals surface area contributed by atoms with Gasteiger partial charge in [-0.1, -0.05) is 16.9 Å². The van der Waals surface area contributed by atoms with Crippen LogP contribution in [0.2, 0.25) is 0 Å². The Morgan fingerprint density at radius 2 is 2.15 bits per heavy atom. The lowest BCUT2D eigenvalue weighted by Crippen LogP contribution is -2.30. The summed E-state index contributed by atoms with van der Waals surface area (Å²) in [6.45, 7) is 0.207. The molecule has 0 saturated heterocycles. The summed E-state index contributed by atoms with van der Waals surface area (Å²) < 4.78 is 19.8. The molecule has 0 saturated carbocycles. The highest BCUT2D eigenvalue weighted by atomic mass is 32.2. The summed E-state index contributed by atoms with van der Waals surface area (Å²) in [5.41, 5.74) is 1.11. The standard InChI is InChI=1S/C18H15FN4O3S/c19-12-3-1-11(2-4-12)15-7-13(22-26-15)9-21-16(24)8-14-10-27-18-20-6-5-17(25)23(14)18/h1-7,14H,8-10H2,(H,21,24). The van der Waals surface area contributed by atoms with Crippen molar-refractivity contribution >= 4 is 17.7 Å². The van der Waals surface area contributed by atoms with Crippen molar-refractivity contribution < 1.29 is 13.7 Å². The average Bonchev–Trinajstić information content (AvgIpc) is 3.29. The Morgan fingerprint density at radius 3 is 2.96 bits per heavy atom. The molecule has 1 aliphatic heterocycles. The van der Waals surface area contributed by atoms with Gasteiger partial charge in [0.25, 0.3) is 5.56 Å². The molecule has 1 aliphatic rings. The van der Waals surface area contributed by atoms with Crippen molar-refractivity contribution in [1.29, 1.82) is 0 Å². The molecule has 138 valence electrons. The summed E-state index contributed by atoms with van der Waals surface area (Å²) in [4.78, 5) is 28.4. The maximum absolute atomic E-state index is 13.0. The third kappa shape index (κ3) is 3.77. The first kappa shape index (κ1) is 17.5. The Balaban J connectivity index is 1.36. The normalized spacial score (nSPS) is 15.5. The van der Waals surface area contributed by atoms with Gasteiger partial charge in [-0.15, -0.1) is 0 Å². The molecular formula is C18H15FN4O3S. The monoisotopic (exact) mass is 386 g/mol. The molecule has 0 fully saturated rings. The summed E-state index contributed by atoms with van der Waals surface area (Å²) in [7, 11) is 0. The zero-order valence-corrected chi connectivity index (χ0v) is 14.9. The Kier molecular flexibility index (Phi) is 4.76. The lowest BCUT2D eigenvalue weighted by atomic mass is 10.1. The molecule has 27 heavy (non-hydrogen) atoms. The van der Waals surface area contributed by atoms with Gasteiger partial charge in [-0.25, -0.2) is 9.37 Å². The van der Waals surface area contributed by atoms with Crippen LogP contribution in [0.5, 0.6) is 0 Å². The number of aromatic nitrogens is 3. The van der Waals surface area contributed by atoms with Crippen molar-refractivity contribution in [3.63, 3.8) is 0 Å². The molecule has 1 unspecified atom stereocenters. The highest BCUT2D eigenvalue weighted by Gasteiger charge is 2.26. The molecule has 3 aromatic rings. The van der Waals surface area contributed by atoms with E-state index in [1.165, 1.54) is 36.2 Å². The van der Waals surface area contributed by atoms with Gasteiger partial charge in [0.05, 0.1) is 12.6 Å². The van der Waals surface area contributed by atoms with Crippen LogP contribution in [-0.2, 0) is 11.3 Å². The smallest absolute Gasteiger partial charge is 0.254 e. The van der Waals surface area contributed by atoms with Crippen LogP contribution in [-0.4, -0.2) is 26.4 Å². The van der Waals surface area contributed by atoms with E-state index in [0.717, 1.165) is 0 Å². The SMILES string of the molecule is O=C(CC1CSc2nccc(=O)n21)NCc1cc(-c2ccc(F)cc2)on1. The van der Waals surface area contributed by atoms with E-state index in [9.17, 15) is 14.0 Å². The fraction of sp³-hybridized carbons (Fsp3) is 0.222. The summed E-state index contributed by atoms with van der Waals surface area (Å²) in [6.07, 6.45) is 1.67. The minimum Gasteiger partial charge on any atom is -0.356 e. The third-order valence-corrected chi connectivity index (χ3v) is 5.30.